The third kappa shape index (κ3) is 9.86. The van der Waals surface area contributed by atoms with Crippen molar-refractivity contribution < 1.29 is 27.0 Å². The summed E-state index contributed by atoms with van der Waals surface area (Å²) in [6, 6.07) is 0. The molecule has 1 unspecified atom stereocenters. The van der Waals surface area contributed by atoms with Crippen LogP contribution in [0.25, 0.3) is 0 Å². The molecule has 0 aliphatic carbocycles. The van der Waals surface area contributed by atoms with Gasteiger partial charge in [-0.15, -0.1) is 0 Å². The van der Waals surface area contributed by atoms with Crippen molar-refractivity contribution in [2.75, 3.05) is 39.5 Å². The maximum Gasteiger partial charge on any atom is 0.308 e. The molecule has 7 heteroatoms. The van der Waals surface area contributed by atoms with Crippen LogP contribution in [0.4, 0.5) is 0 Å². The van der Waals surface area contributed by atoms with Crippen molar-refractivity contribution in [3.05, 3.63) is 0 Å². The van der Waals surface area contributed by atoms with Gasteiger partial charge in [0.05, 0.1) is 36.7 Å². The highest BCUT2D eigenvalue weighted by atomic mass is 32.2. The van der Waals surface area contributed by atoms with Gasteiger partial charge in [0, 0.05) is 12.2 Å². The van der Waals surface area contributed by atoms with E-state index in [2.05, 4.69) is 0 Å². The highest BCUT2D eigenvalue weighted by Gasteiger charge is 2.17. The van der Waals surface area contributed by atoms with Gasteiger partial charge in [-0.05, 0) is 6.42 Å². The van der Waals surface area contributed by atoms with Crippen molar-refractivity contribution in [1.29, 1.82) is 0 Å². The number of nitrogens with zero attached hydrogens (tertiary/aromatic N) is 1. The molecule has 0 aromatic heterocycles. The van der Waals surface area contributed by atoms with E-state index in [4.69, 9.17) is 4.74 Å². The first kappa shape index (κ1) is 18.3. The van der Waals surface area contributed by atoms with Crippen LogP contribution in [-0.4, -0.2) is 63.0 Å². The molecule has 114 valence electrons. The van der Waals surface area contributed by atoms with Gasteiger partial charge in [0.1, 0.15) is 13.2 Å². The zero-order valence-electron chi connectivity index (χ0n) is 12.2. The summed E-state index contributed by atoms with van der Waals surface area (Å²) in [4.78, 5) is 11.5. The Kier molecular flexibility index (Phi) is 7.54. The van der Waals surface area contributed by atoms with Crippen LogP contribution in [0.1, 0.15) is 26.7 Å². The van der Waals surface area contributed by atoms with Crippen molar-refractivity contribution in [1.82, 2.24) is 0 Å². The SMILES string of the molecule is CCC(C)C(=O)OCC[N+](C)(C)CCCS(=O)(=O)[O-]. The number of carbonyl (C=O) groups excluding carboxylic acids is 1. The standard InChI is InChI=1S/C12H25NO5S/c1-5-11(2)12(14)18-9-8-13(3,4)7-6-10-19(15,16)17/h11H,5-10H2,1-4H3. The van der Waals surface area contributed by atoms with Gasteiger partial charge in [-0.25, -0.2) is 8.42 Å². The molecule has 0 saturated carbocycles. The fraction of sp³-hybridized carbons (Fsp3) is 0.917. The van der Waals surface area contributed by atoms with Crippen LogP contribution >= 0.6 is 0 Å². The molecule has 6 nitrogen and oxygen atoms in total. The van der Waals surface area contributed by atoms with E-state index in [0.29, 0.717) is 30.6 Å². The first-order valence-electron chi connectivity index (χ1n) is 6.49. The molecular formula is C12H25NO5S. The Bertz CT molecular complexity index is 378. The lowest BCUT2D eigenvalue weighted by Gasteiger charge is -2.29. The maximum atomic E-state index is 11.5. The van der Waals surface area contributed by atoms with Crippen LogP contribution in [0.15, 0.2) is 0 Å². The Morgan fingerprint density at radius 3 is 2.37 bits per heavy atom. The number of ether oxygens (including phenoxy) is 1. The normalized spacial score (nSPS) is 14.2. The van der Waals surface area contributed by atoms with E-state index in [1.54, 1.807) is 0 Å². The van der Waals surface area contributed by atoms with E-state index < -0.39 is 10.1 Å². The third-order valence-electron chi connectivity index (χ3n) is 3.11. The Hall–Kier alpha value is -0.660. The summed E-state index contributed by atoms with van der Waals surface area (Å²) in [5.41, 5.74) is 0. The van der Waals surface area contributed by atoms with Crippen molar-refractivity contribution >= 4 is 16.1 Å². The topological polar surface area (TPSA) is 83.5 Å². The molecule has 0 rings (SSSR count). The first-order valence-corrected chi connectivity index (χ1v) is 8.07. The summed E-state index contributed by atoms with van der Waals surface area (Å²) in [7, 11) is -0.318. The molecule has 0 aromatic rings. The van der Waals surface area contributed by atoms with Crippen LogP contribution in [0.5, 0.6) is 0 Å². The summed E-state index contributed by atoms with van der Waals surface area (Å²) in [6.45, 7) is 5.21. The van der Waals surface area contributed by atoms with Gasteiger partial charge in [0.2, 0.25) is 0 Å². The van der Waals surface area contributed by atoms with Crippen LogP contribution in [-0.2, 0) is 19.6 Å². The van der Waals surface area contributed by atoms with Crippen molar-refractivity contribution in [2.45, 2.75) is 26.7 Å². The van der Waals surface area contributed by atoms with Gasteiger partial charge in [-0.1, -0.05) is 13.8 Å². The van der Waals surface area contributed by atoms with E-state index >= 15 is 0 Å². The molecular weight excluding hydrogens is 270 g/mol. The Balaban J connectivity index is 3.94. The molecule has 0 saturated heterocycles. The molecule has 0 aliphatic heterocycles. The molecule has 0 N–H and O–H groups in total. The summed E-state index contributed by atoms with van der Waals surface area (Å²) < 4.78 is 37.2. The van der Waals surface area contributed by atoms with Gasteiger partial charge < -0.3 is 13.8 Å². The number of rotatable bonds is 9. The highest BCUT2D eigenvalue weighted by Crippen LogP contribution is 2.05. The number of hydrogen-bond acceptors (Lipinski definition) is 5. The molecule has 1 atom stereocenters. The van der Waals surface area contributed by atoms with Gasteiger partial charge in [0.25, 0.3) is 0 Å². The van der Waals surface area contributed by atoms with Gasteiger partial charge >= 0.3 is 5.97 Å². The third-order valence-corrected chi connectivity index (χ3v) is 3.90. The minimum absolute atomic E-state index is 0.0961. The second kappa shape index (κ2) is 7.81. The first-order chi connectivity index (χ1) is 8.57. The van der Waals surface area contributed by atoms with E-state index in [9.17, 15) is 17.8 Å². The fourth-order valence-corrected chi connectivity index (χ4v) is 1.97. The lowest BCUT2D eigenvalue weighted by atomic mass is 10.1. The summed E-state index contributed by atoms with van der Waals surface area (Å²) in [5.74, 6) is -0.646. The highest BCUT2D eigenvalue weighted by molar-refractivity contribution is 7.85. The molecule has 0 amide bonds. The average Bonchev–Trinajstić information content (AvgIpc) is 2.25. The van der Waals surface area contributed by atoms with Gasteiger partial charge in [0.15, 0.2) is 0 Å². The van der Waals surface area contributed by atoms with Crippen LogP contribution in [0.2, 0.25) is 0 Å². The second-order valence-electron chi connectivity index (χ2n) is 5.48. The van der Waals surface area contributed by atoms with Crippen LogP contribution in [0.3, 0.4) is 0 Å². The van der Waals surface area contributed by atoms with E-state index in [1.165, 1.54) is 0 Å². The Morgan fingerprint density at radius 1 is 1.32 bits per heavy atom. The fourth-order valence-electron chi connectivity index (χ4n) is 1.48. The largest absolute Gasteiger partial charge is 0.748 e. The smallest absolute Gasteiger partial charge is 0.308 e. The predicted molar refractivity (Wildman–Crippen MR) is 71.4 cm³/mol. The summed E-state index contributed by atoms with van der Waals surface area (Å²) >= 11 is 0. The molecule has 19 heavy (non-hydrogen) atoms. The average molecular weight is 295 g/mol. The molecule has 0 radical (unpaired) electrons. The van der Waals surface area contributed by atoms with Crippen molar-refractivity contribution in [3.63, 3.8) is 0 Å². The zero-order chi connectivity index (χ0) is 15.1. The van der Waals surface area contributed by atoms with Crippen LogP contribution < -0.4 is 0 Å². The number of esters is 1. The lowest BCUT2D eigenvalue weighted by Crippen LogP contribution is -2.44. The minimum Gasteiger partial charge on any atom is -0.748 e. The molecule has 0 heterocycles. The van der Waals surface area contributed by atoms with E-state index in [-0.39, 0.29) is 17.6 Å². The zero-order valence-corrected chi connectivity index (χ0v) is 13.0. The van der Waals surface area contributed by atoms with E-state index in [1.807, 2.05) is 27.9 Å². The number of hydrogen-bond donors (Lipinski definition) is 0. The van der Waals surface area contributed by atoms with Crippen molar-refractivity contribution in [2.24, 2.45) is 5.92 Å². The summed E-state index contributed by atoms with van der Waals surface area (Å²) in [5, 5.41) is 0. The molecule has 0 aromatic carbocycles. The molecule has 0 bridgehead atoms. The monoisotopic (exact) mass is 295 g/mol. The van der Waals surface area contributed by atoms with Gasteiger partial charge in [-0.2, -0.15) is 0 Å². The number of carbonyl (C=O) groups is 1. The maximum absolute atomic E-state index is 11.5. The van der Waals surface area contributed by atoms with Crippen LogP contribution in [0, 0.1) is 5.92 Å². The molecule has 0 spiro atoms. The summed E-state index contributed by atoms with van der Waals surface area (Å²) in [6.07, 6.45) is 1.07. The number of quaternary nitrogens is 1. The predicted octanol–water partition coefficient (Wildman–Crippen LogP) is 0.587. The number of likely N-dealkylation sites (N-methyl/N-ethyl adjacent to an activating group) is 1. The lowest BCUT2D eigenvalue weighted by molar-refractivity contribution is -0.890. The molecule has 0 fully saturated rings. The second-order valence-corrected chi connectivity index (χ2v) is 7.00. The Labute approximate surface area is 116 Å². The quantitative estimate of drug-likeness (QED) is 0.353. The Morgan fingerprint density at radius 2 is 1.89 bits per heavy atom. The molecule has 0 aliphatic rings. The van der Waals surface area contributed by atoms with Gasteiger partial charge in [-0.3, -0.25) is 4.79 Å². The van der Waals surface area contributed by atoms with Crippen molar-refractivity contribution in [3.8, 4) is 0 Å². The minimum atomic E-state index is -4.14. The van der Waals surface area contributed by atoms with E-state index in [0.717, 1.165) is 6.42 Å².